The van der Waals surface area contributed by atoms with Gasteiger partial charge in [0.25, 0.3) is 5.91 Å². The van der Waals surface area contributed by atoms with Crippen molar-refractivity contribution in [2.75, 3.05) is 7.11 Å². The highest BCUT2D eigenvalue weighted by molar-refractivity contribution is 6.31. The third kappa shape index (κ3) is 3.57. The molecule has 0 aliphatic rings. The highest BCUT2D eigenvalue weighted by atomic mass is 35.5. The summed E-state index contributed by atoms with van der Waals surface area (Å²) in [4.78, 5) is 17.0. The van der Waals surface area contributed by atoms with Crippen LogP contribution in [0.25, 0.3) is 16.7 Å². The number of aromatic nitrogens is 2. The Morgan fingerprint density at radius 3 is 2.64 bits per heavy atom. The molecule has 0 radical (unpaired) electrons. The van der Waals surface area contributed by atoms with Crippen molar-refractivity contribution in [1.29, 1.82) is 0 Å². The van der Waals surface area contributed by atoms with Crippen LogP contribution in [-0.2, 0) is 6.54 Å². The Labute approximate surface area is 167 Å². The van der Waals surface area contributed by atoms with E-state index in [9.17, 15) is 4.79 Å². The average molecular weight is 392 g/mol. The first-order valence-electron chi connectivity index (χ1n) is 8.79. The molecule has 5 nitrogen and oxygen atoms in total. The van der Waals surface area contributed by atoms with E-state index in [4.69, 9.17) is 16.3 Å². The second-order valence-corrected chi connectivity index (χ2v) is 6.70. The summed E-state index contributed by atoms with van der Waals surface area (Å²) in [6.07, 6.45) is 1.75. The van der Waals surface area contributed by atoms with E-state index >= 15 is 0 Å². The quantitative estimate of drug-likeness (QED) is 0.540. The lowest BCUT2D eigenvalue weighted by Gasteiger charge is -2.08. The molecule has 0 spiro atoms. The highest BCUT2D eigenvalue weighted by Gasteiger charge is 2.11. The van der Waals surface area contributed by atoms with Crippen molar-refractivity contribution >= 4 is 28.5 Å². The molecule has 0 aliphatic carbocycles. The first-order chi connectivity index (χ1) is 13.7. The van der Waals surface area contributed by atoms with E-state index in [-0.39, 0.29) is 5.91 Å². The van der Waals surface area contributed by atoms with Crippen LogP contribution in [-0.4, -0.2) is 22.6 Å². The molecule has 4 rings (SSSR count). The smallest absolute Gasteiger partial charge is 0.251 e. The summed E-state index contributed by atoms with van der Waals surface area (Å²) in [5.41, 5.74) is 4.08. The predicted octanol–water partition coefficient (Wildman–Crippen LogP) is 4.62. The monoisotopic (exact) mass is 391 g/mol. The van der Waals surface area contributed by atoms with Gasteiger partial charge in [0.15, 0.2) is 0 Å². The van der Waals surface area contributed by atoms with Gasteiger partial charge in [-0.25, -0.2) is 4.98 Å². The Kier molecular flexibility index (Phi) is 5.00. The van der Waals surface area contributed by atoms with Crippen molar-refractivity contribution in [3.63, 3.8) is 0 Å². The zero-order valence-corrected chi connectivity index (χ0v) is 16.0. The molecule has 28 heavy (non-hydrogen) atoms. The average Bonchev–Trinajstić information content (AvgIpc) is 3.16. The number of hydrogen-bond donors (Lipinski definition) is 1. The predicted molar refractivity (Wildman–Crippen MR) is 110 cm³/mol. The Morgan fingerprint density at radius 2 is 1.89 bits per heavy atom. The Hall–Kier alpha value is -3.31. The van der Waals surface area contributed by atoms with Gasteiger partial charge in [-0.3, -0.25) is 9.36 Å². The van der Waals surface area contributed by atoms with Crippen molar-refractivity contribution in [1.82, 2.24) is 14.9 Å². The lowest BCUT2D eigenvalue weighted by atomic mass is 10.1. The first-order valence-corrected chi connectivity index (χ1v) is 9.16. The Morgan fingerprint density at radius 1 is 1.11 bits per heavy atom. The van der Waals surface area contributed by atoms with E-state index in [1.54, 1.807) is 31.6 Å². The topological polar surface area (TPSA) is 56.2 Å². The van der Waals surface area contributed by atoms with Gasteiger partial charge in [-0.15, -0.1) is 0 Å². The number of imidazole rings is 1. The van der Waals surface area contributed by atoms with E-state index in [0.29, 0.717) is 17.1 Å². The zero-order valence-electron chi connectivity index (χ0n) is 15.2. The third-order valence-corrected chi connectivity index (χ3v) is 4.93. The molecule has 0 fully saturated rings. The van der Waals surface area contributed by atoms with Crippen LogP contribution in [0.5, 0.6) is 5.75 Å². The second-order valence-electron chi connectivity index (χ2n) is 6.29. The fraction of sp³-hybridized carbons (Fsp3) is 0.0909. The van der Waals surface area contributed by atoms with Crippen LogP contribution in [0.4, 0.5) is 0 Å². The van der Waals surface area contributed by atoms with Crippen molar-refractivity contribution in [2.24, 2.45) is 0 Å². The maximum absolute atomic E-state index is 12.5. The lowest BCUT2D eigenvalue weighted by molar-refractivity contribution is 0.0951. The fourth-order valence-electron chi connectivity index (χ4n) is 3.02. The van der Waals surface area contributed by atoms with Crippen molar-refractivity contribution in [3.05, 3.63) is 89.2 Å². The molecule has 3 aromatic carbocycles. The largest absolute Gasteiger partial charge is 0.497 e. The summed E-state index contributed by atoms with van der Waals surface area (Å²) < 4.78 is 7.17. The summed E-state index contributed by atoms with van der Waals surface area (Å²) in [7, 11) is 1.64. The standard InChI is InChI=1S/C22H18ClN3O2/c1-28-18-9-7-17(8-10-18)26-14-25-20-12-15(6-11-21(20)26)22(27)24-13-16-4-2-3-5-19(16)23/h2-12,14H,13H2,1H3,(H,24,27). The maximum atomic E-state index is 12.5. The molecule has 0 saturated carbocycles. The maximum Gasteiger partial charge on any atom is 0.251 e. The number of methoxy groups -OCH3 is 1. The van der Waals surface area contributed by atoms with Crippen LogP contribution in [0.3, 0.4) is 0 Å². The third-order valence-electron chi connectivity index (χ3n) is 4.56. The van der Waals surface area contributed by atoms with Crippen LogP contribution in [0.15, 0.2) is 73.1 Å². The minimum Gasteiger partial charge on any atom is -0.497 e. The molecular formula is C22H18ClN3O2. The number of ether oxygens (including phenoxy) is 1. The molecule has 140 valence electrons. The van der Waals surface area contributed by atoms with E-state index in [0.717, 1.165) is 28.0 Å². The van der Waals surface area contributed by atoms with E-state index in [2.05, 4.69) is 10.3 Å². The van der Waals surface area contributed by atoms with Gasteiger partial charge >= 0.3 is 0 Å². The SMILES string of the molecule is COc1ccc(-n2cnc3cc(C(=O)NCc4ccccc4Cl)ccc32)cc1. The minimum atomic E-state index is -0.166. The number of carbonyl (C=O) groups excluding carboxylic acids is 1. The molecule has 1 aromatic heterocycles. The number of hydrogen-bond acceptors (Lipinski definition) is 3. The molecule has 0 unspecified atom stereocenters. The van der Waals surface area contributed by atoms with E-state index in [1.165, 1.54) is 0 Å². The molecule has 1 amide bonds. The molecule has 0 saturated heterocycles. The minimum absolute atomic E-state index is 0.166. The fourth-order valence-corrected chi connectivity index (χ4v) is 3.22. The van der Waals surface area contributed by atoms with Gasteiger partial charge in [0.1, 0.15) is 12.1 Å². The molecule has 1 N–H and O–H groups in total. The highest BCUT2D eigenvalue weighted by Crippen LogP contribution is 2.22. The molecule has 4 aromatic rings. The summed E-state index contributed by atoms with van der Waals surface area (Å²) in [6.45, 7) is 0.372. The molecule has 0 atom stereocenters. The Bertz CT molecular complexity index is 1140. The number of carbonyl (C=O) groups is 1. The summed E-state index contributed by atoms with van der Waals surface area (Å²) in [5.74, 6) is 0.631. The van der Waals surface area contributed by atoms with E-state index < -0.39 is 0 Å². The van der Waals surface area contributed by atoms with Crippen molar-refractivity contribution < 1.29 is 9.53 Å². The van der Waals surface area contributed by atoms with Gasteiger partial charge in [0.2, 0.25) is 0 Å². The van der Waals surface area contributed by atoms with Gasteiger partial charge in [-0.05, 0) is 54.1 Å². The second kappa shape index (κ2) is 7.74. The number of nitrogens with zero attached hydrogens (tertiary/aromatic N) is 2. The molecule has 0 aliphatic heterocycles. The molecule has 0 bridgehead atoms. The summed E-state index contributed by atoms with van der Waals surface area (Å²) >= 11 is 6.14. The molecular weight excluding hydrogens is 374 g/mol. The van der Waals surface area contributed by atoms with Crippen molar-refractivity contribution in [3.8, 4) is 11.4 Å². The zero-order chi connectivity index (χ0) is 19.5. The molecule has 6 heteroatoms. The number of rotatable bonds is 5. The van der Waals surface area contributed by atoms with Gasteiger partial charge in [0, 0.05) is 22.8 Å². The molecule has 1 heterocycles. The number of halogens is 1. The number of nitrogens with one attached hydrogen (secondary N) is 1. The number of amides is 1. The van der Waals surface area contributed by atoms with Crippen LogP contribution in [0, 0.1) is 0 Å². The van der Waals surface area contributed by atoms with Crippen LogP contribution >= 0.6 is 11.6 Å². The van der Waals surface area contributed by atoms with E-state index in [1.807, 2.05) is 53.1 Å². The van der Waals surface area contributed by atoms with Gasteiger partial charge in [0.05, 0.1) is 18.1 Å². The number of benzene rings is 3. The number of fused-ring (bicyclic) bond motifs is 1. The van der Waals surface area contributed by atoms with Gasteiger partial charge in [-0.2, -0.15) is 0 Å². The summed E-state index contributed by atoms with van der Waals surface area (Å²) in [6, 6.07) is 20.7. The van der Waals surface area contributed by atoms with Gasteiger partial charge < -0.3 is 10.1 Å². The normalized spacial score (nSPS) is 10.8. The van der Waals surface area contributed by atoms with Crippen LogP contribution < -0.4 is 10.1 Å². The van der Waals surface area contributed by atoms with Crippen LogP contribution in [0.1, 0.15) is 15.9 Å². The van der Waals surface area contributed by atoms with Gasteiger partial charge in [-0.1, -0.05) is 29.8 Å². The summed E-state index contributed by atoms with van der Waals surface area (Å²) in [5, 5.41) is 3.54. The van der Waals surface area contributed by atoms with Crippen molar-refractivity contribution in [2.45, 2.75) is 6.54 Å². The Balaban J connectivity index is 1.55. The first kappa shape index (κ1) is 18.1. The van der Waals surface area contributed by atoms with Crippen LogP contribution in [0.2, 0.25) is 5.02 Å². The lowest BCUT2D eigenvalue weighted by Crippen LogP contribution is -2.22.